The van der Waals surface area contributed by atoms with Gasteiger partial charge in [0.05, 0.1) is 11.6 Å². The Kier molecular flexibility index (Phi) is 9.27. The van der Waals surface area contributed by atoms with Crippen LogP contribution in [0.2, 0.25) is 0 Å². The molecule has 4 heterocycles. The van der Waals surface area contributed by atoms with Crippen LogP contribution in [-0.4, -0.2) is 61.9 Å². The molecule has 2 aliphatic rings. The van der Waals surface area contributed by atoms with Crippen LogP contribution in [0.1, 0.15) is 64.7 Å². The van der Waals surface area contributed by atoms with Gasteiger partial charge < -0.3 is 19.6 Å². The summed E-state index contributed by atoms with van der Waals surface area (Å²) in [5, 5.41) is 11.2. The normalized spacial score (nSPS) is 21.7. The number of aliphatic carboxylic acids is 1. The maximum Gasteiger partial charge on any atom is 0.425 e. The second kappa shape index (κ2) is 12.8. The monoisotopic (exact) mass is 687 g/mol. The lowest BCUT2D eigenvalue weighted by Gasteiger charge is -2.51. The molecule has 0 unspecified atom stereocenters. The summed E-state index contributed by atoms with van der Waals surface area (Å²) in [5.41, 5.74) is -3.71. The highest BCUT2D eigenvalue weighted by Gasteiger charge is 2.57. The molecule has 5 rings (SSSR count). The molecule has 47 heavy (non-hydrogen) atoms. The number of carboxylic acid groups (broad SMARTS) is 1. The number of hydrogen-bond donors (Lipinski definition) is 1. The van der Waals surface area contributed by atoms with E-state index in [0.717, 1.165) is 39.6 Å². The zero-order valence-electron chi connectivity index (χ0n) is 24.7. The summed E-state index contributed by atoms with van der Waals surface area (Å²) in [7, 11) is 0. The summed E-state index contributed by atoms with van der Waals surface area (Å²) >= 11 is 0.292. The standard InChI is InChI=1S/C31H28F7N3O5S/c1-2-5-23-29(46-20-14-24(47-16-20)31(36,37)38,9-4-11-40(23)26(42)25-21(30(33,34)35)6-3-10-39-25)28(45)41-15-17-7-8-19(32)12-18(17)13-22(41)27(43)44/h3,6-8,10,12,14,16,22-23H,2,4-5,9,11,13,15H2,1H3,(H,43,44)/t22-,23-,29-/m1/s1. The Morgan fingerprint density at radius 1 is 1.06 bits per heavy atom. The molecule has 1 saturated heterocycles. The average molecular weight is 688 g/mol. The Morgan fingerprint density at radius 2 is 1.81 bits per heavy atom. The van der Waals surface area contributed by atoms with Gasteiger partial charge in [0, 0.05) is 43.6 Å². The van der Waals surface area contributed by atoms with Crippen molar-refractivity contribution in [2.24, 2.45) is 0 Å². The van der Waals surface area contributed by atoms with E-state index < -0.39 is 69.8 Å². The number of likely N-dealkylation sites (tertiary alicyclic amines) is 1. The number of aromatic nitrogens is 1. The number of amides is 2. The van der Waals surface area contributed by atoms with Gasteiger partial charge in [-0.25, -0.2) is 9.18 Å². The molecule has 1 N–H and O–H groups in total. The quantitative estimate of drug-likeness (QED) is 0.282. The van der Waals surface area contributed by atoms with E-state index >= 15 is 0 Å². The Bertz CT molecular complexity index is 1680. The molecule has 0 radical (unpaired) electrons. The van der Waals surface area contributed by atoms with Gasteiger partial charge in [-0.15, -0.1) is 11.3 Å². The Balaban J connectivity index is 1.65. The van der Waals surface area contributed by atoms with Crippen molar-refractivity contribution in [1.82, 2.24) is 14.8 Å². The highest BCUT2D eigenvalue weighted by molar-refractivity contribution is 7.10. The highest BCUT2D eigenvalue weighted by Crippen LogP contribution is 2.43. The van der Waals surface area contributed by atoms with Gasteiger partial charge in [-0.1, -0.05) is 19.4 Å². The molecule has 2 aromatic heterocycles. The number of carbonyl (C=O) groups excluding carboxylic acids is 2. The summed E-state index contributed by atoms with van der Waals surface area (Å²) in [4.78, 5) is 45.8. The van der Waals surface area contributed by atoms with Gasteiger partial charge in [0.2, 0.25) is 5.60 Å². The largest absolute Gasteiger partial charge is 0.480 e. The van der Waals surface area contributed by atoms with Crippen LogP contribution >= 0.6 is 11.3 Å². The molecule has 252 valence electrons. The third-order valence-corrected chi connectivity index (χ3v) is 9.31. The van der Waals surface area contributed by atoms with E-state index in [1.54, 1.807) is 6.92 Å². The first kappa shape index (κ1) is 34.1. The first-order valence-electron chi connectivity index (χ1n) is 14.6. The summed E-state index contributed by atoms with van der Waals surface area (Å²) in [6.07, 6.45) is -9.04. The van der Waals surface area contributed by atoms with Gasteiger partial charge in [-0.3, -0.25) is 14.6 Å². The van der Waals surface area contributed by atoms with Gasteiger partial charge in [0.15, 0.2) is 0 Å². The fourth-order valence-corrected chi connectivity index (χ4v) is 6.98. The Morgan fingerprint density at radius 3 is 2.45 bits per heavy atom. The molecule has 8 nitrogen and oxygen atoms in total. The summed E-state index contributed by atoms with van der Waals surface area (Å²) in [6.45, 7) is 1.20. The second-order valence-electron chi connectivity index (χ2n) is 11.3. The van der Waals surface area contributed by atoms with Crippen molar-refractivity contribution < 1.29 is 55.0 Å². The lowest BCUT2D eigenvalue weighted by molar-refractivity contribution is -0.168. The zero-order chi connectivity index (χ0) is 34.3. The molecular weight excluding hydrogens is 659 g/mol. The van der Waals surface area contributed by atoms with Crippen LogP contribution in [0, 0.1) is 5.82 Å². The minimum absolute atomic E-state index is 0.0322. The van der Waals surface area contributed by atoms with Crippen molar-refractivity contribution in [2.45, 2.75) is 75.6 Å². The van der Waals surface area contributed by atoms with E-state index in [2.05, 4.69) is 4.98 Å². The lowest BCUT2D eigenvalue weighted by Crippen LogP contribution is -2.69. The average Bonchev–Trinajstić information content (AvgIpc) is 3.49. The lowest BCUT2D eigenvalue weighted by atomic mass is 9.79. The van der Waals surface area contributed by atoms with E-state index in [9.17, 15) is 50.2 Å². The minimum Gasteiger partial charge on any atom is -0.480 e. The number of alkyl halides is 6. The van der Waals surface area contributed by atoms with Gasteiger partial charge >= 0.3 is 18.3 Å². The Hall–Kier alpha value is -4.21. The number of hydrogen-bond acceptors (Lipinski definition) is 6. The minimum atomic E-state index is -4.96. The molecule has 0 spiro atoms. The summed E-state index contributed by atoms with van der Waals surface area (Å²) in [6, 6.07) is 3.13. The summed E-state index contributed by atoms with van der Waals surface area (Å²) < 4.78 is 103. The van der Waals surface area contributed by atoms with Crippen molar-refractivity contribution in [3.8, 4) is 5.75 Å². The molecule has 0 saturated carbocycles. The van der Waals surface area contributed by atoms with Crippen molar-refractivity contribution in [3.63, 3.8) is 0 Å². The van der Waals surface area contributed by atoms with E-state index in [1.807, 2.05) is 0 Å². The molecule has 1 fully saturated rings. The van der Waals surface area contributed by atoms with Gasteiger partial charge in [-0.2, -0.15) is 26.3 Å². The van der Waals surface area contributed by atoms with Gasteiger partial charge in [0.1, 0.15) is 28.2 Å². The predicted molar refractivity (Wildman–Crippen MR) is 153 cm³/mol. The number of benzene rings is 1. The molecule has 2 amide bonds. The van der Waals surface area contributed by atoms with E-state index in [-0.39, 0.29) is 50.9 Å². The van der Waals surface area contributed by atoms with Crippen LogP contribution in [0.4, 0.5) is 30.7 Å². The number of nitrogens with zero attached hydrogens (tertiary/aromatic N) is 3. The number of piperidine rings is 1. The molecule has 0 aliphatic carbocycles. The molecule has 0 bridgehead atoms. The van der Waals surface area contributed by atoms with Crippen molar-refractivity contribution in [2.75, 3.05) is 6.54 Å². The number of carbonyl (C=O) groups is 3. The number of carboxylic acids is 1. The third kappa shape index (κ3) is 6.64. The first-order chi connectivity index (χ1) is 22.1. The number of ether oxygens (including phenoxy) is 1. The van der Waals surface area contributed by atoms with Gasteiger partial charge in [-0.05, 0) is 48.2 Å². The van der Waals surface area contributed by atoms with Crippen molar-refractivity contribution in [3.05, 3.63) is 81.1 Å². The highest BCUT2D eigenvalue weighted by atomic mass is 32.1. The zero-order valence-corrected chi connectivity index (χ0v) is 25.5. The maximum absolute atomic E-state index is 14.8. The molecule has 16 heteroatoms. The smallest absolute Gasteiger partial charge is 0.425 e. The van der Waals surface area contributed by atoms with E-state index in [1.165, 1.54) is 6.07 Å². The topological polar surface area (TPSA) is 100 Å². The molecule has 2 aliphatic heterocycles. The van der Waals surface area contributed by atoms with Crippen LogP contribution in [-0.2, 0) is 34.9 Å². The van der Waals surface area contributed by atoms with E-state index in [0.29, 0.717) is 34.6 Å². The Labute approximate surface area is 267 Å². The first-order valence-corrected chi connectivity index (χ1v) is 15.4. The number of halogens is 7. The van der Waals surface area contributed by atoms with E-state index in [4.69, 9.17) is 4.74 Å². The van der Waals surface area contributed by atoms with Crippen LogP contribution in [0.5, 0.6) is 5.75 Å². The summed E-state index contributed by atoms with van der Waals surface area (Å²) in [5.74, 6) is -4.61. The number of pyridine rings is 1. The number of thiophene rings is 1. The maximum atomic E-state index is 14.8. The van der Waals surface area contributed by atoms with Crippen LogP contribution in [0.25, 0.3) is 0 Å². The van der Waals surface area contributed by atoms with Crippen LogP contribution < -0.4 is 4.74 Å². The van der Waals surface area contributed by atoms with Crippen molar-refractivity contribution >= 4 is 29.1 Å². The predicted octanol–water partition coefficient (Wildman–Crippen LogP) is 6.58. The van der Waals surface area contributed by atoms with Crippen LogP contribution in [0.3, 0.4) is 0 Å². The van der Waals surface area contributed by atoms with Crippen molar-refractivity contribution in [1.29, 1.82) is 0 Å². The number of fused-ring (bicyclic) bond motifs is 1. The van der Waals surface area contributed by atoms with Gasteiger partial charge in [0.25, 0.3) is 11.8 Å². The fraction of sp³-hybridized carbons (Fsp3) is 0.419. The van der Waals surface area contributed by atoms with Crippen LogP contribution in [0.15, 0.2) is 48.0 Å². The SMILES string of the molecule is CCC[C@H]1N(C(=O)c2ncccc2C(F)(F)F)CCC[C@]1(Oc1csc(C(F)(F)F)c1)C(=O)N1Cc2ccc(F)cc2C[C@@H]1C(=O)O. The molecular formula is C31H28F7N3O5S. The molecule has 3 aromatic rings. The third-order valence-electron chi connectivity index (χ3n) is 8.36. The molecule has 1 aromatic carbocycles. The number of rotatable bonds is 7. The second-order valence-corrected chi connectivity index (χ2v) is 12.3. The molecule has 3 atom stereocenters. The fourth-order valence-electron chi connectivity index (χ4n) is 6.30.